The molecule has 0 aliphatic heterocycles. The summed E-state index contributed by atoms with van der Waals surface area (Å²) in [5, 5.41) is 0. The highest BCUT2D eigenvalue weighted by Crippen LogP contribution is 2.14. The lowest BCUT2D eigenvalue weighted by Crippen LogP contribution is -2.07. The fourth-order valence-electron chi connectivity index (χ4n) is 1.89. The van der Waals surface area contributed by atoms with Crippen LogP contribution in [0.5, 0.6) is 0 Å². The zero-order valence-corrected chi connectivity index (χ0v) is 9.90. The number of Topliss-reactive ketones (excluding diaryl/α,β-unsaturated/α-hetero) is 1. The SMILES string of the molecule is CC(=O)c1cccn1Cc1ccc(F)cc1C. The normalized spacial score (nSPS) is 10.5. The summed E-state index contributed by atoms with van der Waals surface area (Å²) in [4.78, 5) is 11.4. The van der Waals surface area contributed by atoms with Crippen LogP contribution in [-0.4, -0.2) is 10.4 Å². The van der Waals surface area contributed by atoms with Crippen LogP contribution >= 0.6 is 0 Å². The molecule has 0 spiro atoms. The van der Waals surface area contributed by atoms with Crippen molar-refractivity contribution < 1.29 is 9.18 Å². The second-order valence-electron chi connectivity index (χ2n) is 4.15. The number of aryl methyl sites for hydroxylation is 1. The molecule has 0 amide bonds. The lowest BCUT2D eigenvalue weighted by atomic mass is 10.1. The number of hydrogen-bond donors (Lipinski definition) is 0. The van der Waals surface area contributed by atoms with Crippen molar-refractivity contribution >= 4 is 5.78 Å². The van der Waals surface area contributed by atoms with Gasteiger partial charge in [-0.2, -0.15) is 0 Å². The van der Waals surface area contributed by atoms with Crippen LogP contribution in [0.1, 0.15) is 28.5 Å². The maximum atomic E-state index is 13.0. The Kier molecular flexibility index (Phi) is 3.09. The van der Waals surface area contributed by atoms with Gasteiger partial charge in [0, 0.05) is 19.7 Å². The summed E-state index contributed by atoms with van der Waals surface area (Å²) in [6, 6.07) is 8.34. The molecule has 3 heteroatoms. The van der Waals surface area contributed by atoms with Gasteiger partial charge in [-0.25, -0.2) is 4.39 Å². The van der Waals surface area contributed by atoms with Crippen molar-refractivity contribution in [3.63, 3.8) is 0 Å². The van der Waals surface area contributed by atoms with Crippen LogP contribution < -0.4 is 0 Å². The van der Waals surface area contributed by atoms with Crippen LogP contribution in [0, 0.1) is 12.7 Å². The van der Waals surface area contributed by atoms with Gasteiger partial charge in [-0.1, -0.05) is 6.07 Å². The van der Waals surface area contributed by atoms with Crippen molar-refractivity contribution in [1.82, 2.24) is 4.57 Å². The second kappa shape index (κ2) is 4.53. The monoisotopic (exact) mass is 231 g/mol. The highest BCUT2D eigenvalue weighted by Gasteiger charge is 2.07. The van der Waals surface area contributed by atoms with Crippen molar-refractivity contribution in [2.24, 2.45) is 0 Å². The van der Waals surface area contributed by atoms with Crippen LogP contribution in [0.4, 0.5) is 4.39 Å². The highest BCUT2D eigenvalue weighted by molar-refractivity contribution is 5.92. The van der Waals surface area contributed by atoms with E-state index in [0.29, 0.717) is 12.2 Å². The molecule has 0 saturated heterocycles. The van der Waals surface area contributed by atoms with Crippen molar-refractivity contribution in [3.8, 4) is 0 Å². The molecule has 1 aromatic carbocycles. The highest BCUT2D eigenvalue weighted by atomic mass is 19.1. The molecule has 2 nitrogen and oxygen atoms in total. The van der Waals surface area contributed by atoms with E-state index in [4.69, 9.17) is 0 Å². The van der Waals surface area contributed by atoms with Gasteiger partial charge in [0.05, 0.1) is 5.69 Å². The van der Waals surface area contributed by atoms with Crippen LogP contribution in [0.15, 0.2) is 36.5 Å². The number of hydrogen-bond acceptors (Lipinski definition) is 1. The summed E-state index contributed by atoms with van der Waals surface area (Å²) in [5.74, 6) is -0.194. The first-order valence-electron chi connectivity index (χ1n) is 5.49. The molecule has 0 bridgehead atoms. The van der Waals surface area contributed by atoms with Crippen LogP contribution in [-0.2, 0) is 6.54 Å². The Hall–Kier alpha value is -1.90. The van der Waals surface area contributed by atoms with Gasteiger partial charge in [0.15, 0.2) is 5.78 Å². The zero-order valence-electron chi connectivity index (χ0n) is 9.90. The molecule has 0 saturated carbocycles. The summed E-state index contributed by atoms with van der Waals surface area (Å²) in [7, 11) is 0. The molecular formula is C14H14FNO. The van der Waals surface area contributed by atoms with E-state index in [1.54, 1.807) is 19.1 Å². The molecule has 0 N–H and O–H groups in total. The van der Waals surface area contributed by atoms with E-state index < -0.39 is 0 Å². The number of halogens is 1. The Balaban J connectivity index is 2.31. The Morgan fingerprint density at radius 3 is 2.76 bits per heavy atom. The molecule has 2 rings (SSSR count). The Morgan fingerprint density at radius 2 is 2.12 bits per heavy atom. The quantitative estimate of drug-likeness (QED) is 0.743. The van der Waals surface area contributed by atoms with Gasteiger partial charge in [0.1, 0.15) is 5.82 Å². The third-order valence-electron chi connectivity index (χ3n) is 2.84. The zero-order chi connectivity index (χ0) is 12.4. The Morgan fingerprint density at radius 1 is 1.35 bits per heavy atom. The third kappa shape index (κ3) is 2.44. The average Bonchev–Trinajstić information content (AvgIpc) is 2.70. The standard InChI is InChI=1S/C14H14FNO/c1-10-8-13(15)6-5-12(10)9-16-7-3-4-14(16)11(2)17/h3-8H,9H2,1-2H3. The van der Waals surface area contributed by atoms with E-state index >= 15 is 0 Å². The van der Waals surface area contributed by atoms with Gasteiger partial charge in [0.25, 0.3) is 0 Å². The van der Waals surface area contributed by atoms with E-state index in [9.17, 15) is 9.18 Å². The first-order chi connectivity index (χ1) is 8.08. The predicted octanol–water partition coefficient (Wildman–Crippen LogP) is 3.19. The van der Waals surface area contributed by atoms with E-state index in [2.05, 4.69) is 0 Å². The molecule has 0 unspecified atom stereocenters. The molecule has 0 aliphatic rings. The maximum absolute atomic E-state index is 13.0. The number of benzene rings is 1. The molecule has 0 radical (unpaired) electrons. The van der Waals surface area contributed by atoms with Crippen molar-refractivity contribution in [3.05, 3.63) is 59.2 Å². The fourth-order valence-corrected chi connectivity index (χ4v) is 1.89. The van der Waals surface area contributed by atoms with E-state index in [0.717, 1.165) is 11.1 Å². The Bertz CT molecular complexity index is 557. The summed E-state index contributed by atoms with van der Waals surface area (Å²) < 4.78 is 14.9. The van der Waals surface area contributed by atoms with E-state index in [1.165, 1.54) is 12.1 Å². The van der Waals surface area contributed by atoms with Crippen LogP contribution in [0.25, 0.3) is 0 Å². The maximum Gasteiger partial charge on any atom is 0.176 e. The number of carbonyl (C=O) groups excluding carboxylic acids is 1. The molecule has 1 heterocycles. The van der Waals surface area contributed by atoms with Crippen LogP contribution in [0.2, 0.25) is 0 Å². The number of rotatable bonds is 3. The molecule has 0 fully saturated rings. The van der Waals surface area contributed by atoms with Gasteiger partial charge < -0.3 is 4.57 Å². The first-order valence-corrected chi connectivity index (χ1v) is 5.49. The van der Waals surface area contributed by atoms with E-state index in [-0.39, 0.29) is 11.6 Å². The smallest absolute Gasteiger partial charge is 0.176 e. The molecule has 88 valence electrons. The lowest BCUT2D eigenvalue weighted by molar-refractivity contribution is 0.100. The van der Waals surface area contributed by atoms with Crippen molar-refractivity contribution in [2.45, 2.75) is 20.4 Å². The van der Waals surface area contributed by atoms with Crippen molar-refractivity contribution in [2.75, 3.05) is 0 Å². The van der Waals surface area contributed by atoms with Crippen LogP contribution in [0.3, 0.4) is 0 Å². The van der Waals surface area contributed by atoms with Gasteiger partial charge in [-0.3, -0.25) is 4.79 Å². The molecule has 1 aromatic heterocycles. The van der Waals surface area contributed by atoms with Gasteiger partial charge in [-0.05, 0) is 42.3 Å². The predicted molar refractivity (Wildman–Crippen MR) is 64.7 cm³/mol. The van der Waals surface area contributed by atoms with Gasteiger partial charge in [0.2, 0.25) is 0 Å². The minimum absolute atomic E-state index is 0.0368. The molecular weight excluding hydrogens is 217 g/mol. The Labute approximate surface area is 99.7 Å². The minimum atomic E-state index is -0.231. The summed E-state index contributed by atoms with van der Waals surface area (Å²) in [6.07, 6.45) is 1.86. The lowest BCUT2D eigenvalue weighted by Gasteiger charge is -2.09. The number of ketones is 1. The average molecular weight is 231 g/mol. The first kappa shape index (κ1) is 11.6. The summed E-state index contributed by atoms with van der Waals surface area (Å²) in [5.41, 5.74) is 2.59. The molecule has 0 aliphatic carbocycles. The van der Waals surface area contributed by atoms with Gasteiger partial charge in [-0.15, -0.1) is 0 Å². The summed E-state index contributed by atoms with van der Waals surface area (Å²) in [6.45, 7) is 4.01. The topological polar surface area (TPSA) is 22.0 Å². The van der Waals surface area contributed by atoms with Crippen molar-refractivity contribution in [1.29, 1.82) is 0 Å². The number of aromatic nitrogens is 1. The fraction of sp³-hybridized carbons (Fsp3) is 0.214. The minimum Gasteiger partial charge on any atom is -0.341 e. The third-order valence-corrected chi connectivity index (χ3v) is 2.84. The molecule has 0 atom stereocenters. The van der Waals surface area contributed by atoms with E-state index in [1.807, 2.05) is 23.8 Å². The molecule has 2 aromatic rings. The van der Waals surface area contributed by atoms with Gasteiger partial charge >= 0.3 is 0 Å². The molecule has 17 heavy (non-hydrogen) atoms. The number of carbonyl (C=O) groups is 1. The largest absolute Gasteiger partial charge is 0.341 e. The summed E-state index contributed by atoms with van der Waals surface area (Å²) >= 11 is 0. The second-order valence-corrected chi connectivity index (χ2v) is 4.15. The number of nitrogens with zero attached hydrogens (tertiary/aromatic N) is 1.